The molecule has 0 spiro atoms. The second-order valence-electron chi connectivity index (χ2n) is 32.3. The highest BCUT2D eigenvalue weighted by molar-refractivity contribution is 6.19. The number of amides is 16. The normalized spacial score (nSPS) is 14.4. The Balaban J connectivity index is 2.00. The van der Waals surface area contributed by atoms with Crippen molar-refractivity contribution in [3.8, 4) is 0 Å². The fourth-order valence-corrected chi connectivity index (χ4v) is 12.4. The van der Waals surface area contributed by atoms with Gasteiger partial charge in [-0.2, -0.15) is 0 Å². The lowest BCUT2D eigenvalue weighted by Crippen LogP contribution is -2.66. The van der Waals surface area contributed by atoms with Gasteiger partial charge in [0.25, 0.3) is 23.6 Å². The number of nitrogens with one attached hydrogen (secondary N) is 12. The first-order valence-corrected chi connectivity index (χ1v) is 48.8. The summed E-state index contributed by atoms with van der Waals surface area (Å²) in [6, 6.07) is -15.2. The molecule has 0 aromatic carbocycles. The Morgan fingerprint density at radius 1 is 0.240 bits per heavy atom. The third-order valence-electron chi connectivity index (χ3n) is 20.4. The molecule has 0 unspecified atom stereocenters. The standard InChI is InChI=1S/C92H156N14O40/c1-65(85(117)101-69(5)91(123)124)97-83(115)67(3)99-87(119)71(15-9-11-23-93-75(109)63-145-61-59-143-57-55-141-53-51-139-49-47-137-45-43-135-41-39-133-37-35-131-33-31-129-29-27-127-7)103-73(107)17-13-25-95-89(121)81(105-77(111)19-20-78(105)112)82(106-79(113)21-22-80(106)114)90(122)96-26-14-18-74(108)104-72(88(120)100-68(4)84(116)98-66(2)86(118)102-70(6)92(125)126)16-10-12-24-94-76(110)64-146-62-60-144-58-56-142-54-52-140-50-48-138-46-44-136-42-40-134-38-36-132-34-32-130-30-28-128-8/h19-22,65-72,81-82H,9-18,23-64H2,1-8H3,(H,93,109)(H,94,110)(H,95,121)(H,96,122)(H,97,115)(H,98,116)(H,99,119)(H,100,120)(H,101,117)(H,102,118)(H,103,107)(H,104,108)(H,123,124)(H,125,126)/t65-,66-,67-,68-,69-,70-,71-,72-,81-,82-/m0/s1. The summed E-state index contributed by atoms with van der Waals surface area (Å²) < 4.78 is 108. The molecule has 0 fully saturated rings. The molecule has 0 bridgehead atoms. The van der Waals surface area contributed by atoms with Crippen molar-refractivity contribution in [1.29, 1.82) is 0 Å². The van der Waals surface area contributed by atoms with Crippen LogP contribution in [0.2, 0.25) is 0 Å². The maximum absolute atomic E-state index is 14.5. The van der Waals surface area contributed by atoms with Crippen LogP contribution in [0.25, 0.3) is 0 Å². The Kier molecular flexibility index (Phi) is 77.0. The van der Waals surface area contributed by atoms with E-state index >= 15 is 0 Å². The van der Waals surface area contributed by atoms with Gasteiger partial charge in [-0.05, 0) is 92.9 Å². The van der Waals surface area contributed by atoms with Gasteiger partial charge in [0.1, 0.15) is 73.6 Å². The third kappa shape index (κ3) is 65.3. The molecule has 0 saturated carbocycles. The van der Waals surface area contributed by atoms with Gasteiger partial charge in [0.2, 0.25) is 70.9 Å². The molecule has 834 valence electrons. The lowest BCUT2D eigenvalue weighted by molar-refractivity contribution is -0.156. The van der Waals surface area contributed by atoms with Crippen molar-refractivity contribution in [2.45, 2.75) is 166 Å². The average molecular weight is 2100 g/mol. The van der Waals surface area contributed by atoms with Gasteiger partial charge in [0, 0.05) is 77.5 Å². The van der Waals surface area contributed by atoms with Crippen molar-refractivity contribution in [2.24, 2.45) is 0 Å². The highest BCUT2D eigenvalue weighted by Crippen LogP contribution is 2.22. The van der Waals surface area contributed by atoms with E-state index in [1.165, 1.54) is 41.5 Å². The van der Waals surface area contributed by atoms with E-state index in [4.69, 9.17) is 94.7 Å². The Bertz CT molecular complexity index is 3590. The van der Waals surface area contributed by atoms with E-state index in [-0.39, 0.29) is 131 Å². The van der Waals surface area contributed by atoms with Crippen molar-refractivity contribution >= 4 is 106 Å². The number of aliphatic carboxylic acids is 2. The SMILES string of the molecule is COCCOCCOCCOCCOCCOCCOCCOCCOCCOCC(=O)NCCCC[C@H](NC(=O)CCCNC(=O)[C@H]([C@@H](C(=O)NCCCC(=O)N[C@@H](CCCCNC(=O)COCCOCCOCCOCCOCCOCCOCCOCCOCCOC)C(=O)N[C@@H](C)C(=O)N[C@@H](C)C(=O)N[C@@H](C)C(=O)O)N1C(=O)C=CC1=O)N1C(=O)C=CC1=O)C(=O)N[C@@H](C)C(=O)N[C@@H](C)C(=O)N[C@@H](C)C(=O)O. The zero-order valence-electron chi connectivity index (χ0n) is 85.2. The van der Waals surface area contributed by atoms with Crippen molar-refractivity contribution in [2.75, 3.05) is 291 Å². The first kappa shape index (κ1) is 132. The minimum atomic E-state index is -2.29. The number of carbonyl (C=O) groups excluding carboxylic acids is 16. The number of unbranched alkanes of at least 4 members (excludes halogenated alkanes) is 2. The van der Waals surface area contributed by atoms with E-state index in [0.29, 0.717) is 195 Å². The predicted octanol–water partition coefficient (Wildman–Crippen LogP) is -6.30. The monoisotopic (exact) mass is 2100 g/mol. The maximum atomic E-state index is 14.5. The molecule has 54 heteroatoms. The molecular formula is C92H156N14O40. The highest BCUT2D eigenvalue weighted by Gasteiger charge is 2.50. The largest absolute Gasteiger partial charge is 0.480 e. The van der Waals surface area contributed by atoms with Crippen LogP contribution in [0.1, 0.15) is 106 Å². The van der Waals surface area contributed by atoms with Crippen LogP contribution in [0.15, 0.2) is 24.3 Å². The van der Waals surface area contributed by atoms with Crippen LogP contribution in [0, 0.1) is 0 Å². The smallest absolute Gasteiger partial charge is 0.325 e. The molecule has 2 aliphatic heterocycles. The molecule has 0 radical (unpaired) electrons. The van der Waals surface area contributed by atoms with Crippen LogP contribution in [-0.2, 0) is 181 Å². The summed E-state index contributed by atoms with van der Waals surface area (Å²) in [6.45, 7) is 19.6. The van der Waals surface area contributed by atoms with Gasteiger partial charge in [-0.1, -0.05) is 0 Å². The second-order valence-corrected chi connectivity index (χ2v) is 32.3. The number of carboxylic acid groups (broad SMARTS) is 2. The van der Waals surface area contributed by atoms with E-state index in [2.05, 4.69) is 63.8 Å². The number of nitrogens with zero attached hydrogens (tertiary/aromatic N) is 2. The van der Waals surface area contributed by atoms with Gasteiger partial charge in [-0.25, -0.2) is 0 Å². The summed E-state index contributed by atoms with van der Waals surface area (Å²) in [7, 11) is 3.22. The zero-order chi connectivity index (χ0) is 108. The maximum Gasteiger partial charge on any atom is 0.325 e. The second kappa shape index (κ2) is 85.5. The quantitative estimate of drug-likeness (QED) is 0.0199. The lowest BCUT2D eigenvalue weighted by Gasteiger charge is -2.35. The van der Waals surface area contributed by atoms with Crippen LogP contribution in [0.3, 0.4) is 0 Å². The van der Waals surface area contributed by atoms with Crippen molar-refractivity contribution in [3.63, 3.8) is 0 Å². The molecule has 16 amide bonds. The molecule has 0 aliphatic carbocycles. The minimum Gasteiger partial charge on any atom is -0.480 e. The van der Waals surface area contributed by atoms with E-state index < -0.39 is 193 Å². The van der Waals surface area contributed by atoms with Crippen LogP contribution in [-0.4, -0.2) is 478 Å². The number of hydrogen-bond acceptors (Lipinski definition) is 38. The predicted molar refractivity (Wildman–Crippen MR) is 511 cm³/mol. The topological polar surface area (TPSA) is 683 Å². The number of imide groups is 2. The molecular weight excluding hydrogens is 1940 g/mol. The number of ether oxygens (including phenoxy) is 20. The average Bonchev–Trinajstić information content (AvgIpc) is 1.61. The minimum absolute atomic E-state index is 0.0783. The molecule has 54 nitrogen and oxygen atoms in total. The van der Waals surface area contributed by atoms with E-state index in [1.807, 2.05) is 0 Å². The Labute approximate surface area is 849 Å². The summed E-state index contributed by atoms with van der Waals surface area (Å²) in [4.78, 5) is 239. The Morgan fingerprint density at radius 3 is 0.658 bits per heavy atom. The summed E-state index contributed by atoms with van der Waals surface area (Å²) in [6.07, 6.45) is 2.31. The van der Waals surface area contributed by atoms with E-state index in [1.54, 1.807) is 14.2 Å². The molecule has 2 heterocycles. The van der Waals surface area contributed by atoms with Gasteiger partial charge >= 0.3 is 11.9 Å². The molecule has 0 aromatic rings. The molecule has 2 aliphatic rings. The summed E-state index contributed by atoms with van der Waals surface area (Å²) >= 11 is 0. The molecule has 0 aromatic heterocycles. The summed E-state index contributed by atoms with van der Waals surface area (Å²) in [5.74, 6) is -17.6. The van der Waals surface area contributed by atoms with E-state index in [9.17, 15) is 96.5 Å². The summed E-state index contributed by atoms with van der Waals surface area (Å²) in [5.41, 5.74) is 0. The fourth-order valence-electron chi connectivity index (χ4n) is 12.4. The Hall–Kier alpha value is -10.5. The zero-order valence-corrected chi connectivity index (χ0v) is 85.2. The first-order chi connectivity index (χ1) is 70.3. The number of rotatable bonds is 97. The van der Waals surface area contributed by atoms with Gasteiger partial charge < -0.3 is 169 Å². The number of methoxy groups -OCH3 is 2. The van der Waals surface area contributed by atoms with Gasteiger partial charge in [0.05, 0.1) is 238 Å². The van der Waals surface area contributed by atoms with Crippen LogP contribution in [0.4, 0.5) is 0 Å². The lowest BCUT2D eigenvalue weighted by atomic mass is 10.0. The van der Waals surface area contributed by atoms with Crippen LogP contribution < -0.4 is 63.8 Å². The summed E-state index contributed by atoms with van der Waals surface area (Å²) in [5, 5.41) is 48.0. The molecule has 2 rings (SSSR count). The van der Waals surface area contributed by atoms with Gasteiger partial charge in [0.15, 0.2) is 0 Å². The van der Waals surface area contributed by atoms with Crippen molar-refractivity contribution in [1.82, 2.24) is 73.6 Å². The number of hydrogen-bond donors (Lipinski definition) is 14. The highest BCUT2D eigenvalue weighted by atomic mass is 16.6. The fraction of sp³-hybridized carbons (Fsp3) is 0.761. The number of carboxylic acids is 2. The molecule has 10 atom stereocenters. The third-order valence-corrected chi connectivity index (χ3v) is 20.4. The van der Waals surface area contributed by atoms with Gasteiger partial charge in [-0.15, -0.1) is 0 Å². The molecule has 14 N–H and O–H groups in total. The van der Waals surface area contributed by atoms with Crippen LogP contribution in [0.5, 0.6) is 0 Å². The molecule has 146 heavy (non-hydrogen) atoms. The van der Waals surface area contributed by atoms with E-state index in [0.717, 1.165) is 24.3 Å². The number of carbonyl (C=O) groups is 18. The molecule has 0 saturated heterocycles. The van der Waals surface area contributed by atoms with Gasteiger partial charge in [-0.3, -0.25) is 96.1 Å². The first-order valence-electron chi connectivity index (χ1n) is 48.8. The van der Waals surface area contributed by atoms with Crippen molar-refractivity contribution in [3.05, 3.63) is 24.3 Å². The van der Waals surface area contributed by atoms with Crippen LogP contribution >= 0.6 is 0 Å². The van der Waals surface area contributed by atoms with Crippen molar-refractivity contribution < 1.29 is 191 Å². The Morgan fingerprint density at radius 2 is 0.438 bits per heavy atom.